The smallest absolute Gasteiger partial charge is 0.175 e. The first-order valence-electron chi connectivity index (χ1n) is 7.01. The minimum atomic E-state index is 0.284. The van der Waals surface area contributed by atoms with E-state index >= 15 is 0 Å². The lowest BCUT2D eigenvalue weighted by Gasteiger charge is -2.06. The molecular formula is C16H20N2O2. The first kappa shape index (κ1) is 13.0. The molecule has 1 atom stereocenters. The van der Waals surface area contributed by atoms with Gasteiger partial charge in [-0.3, -0.25) is 0 Å². The van der Waals surface area contributed by atoms with Crippen LogP contribution in [0.4, 0.5) is 5.82 Å². The molecule has 1 aromatic carbocycles. The van der Waals surface area contributed by atoms with E-state index in [1.165, 1.54) is 0 Å². The van der Waals surface area contributed by atoms with E-state index in [9.17, 15) is 0 Å². The number of nitrogens with two attached hydrogens (primary N) is 1. The second-order valence-corrected chi connectivity index (χ2v) is 6.01. The van der Waals surface area contributed by atoms with E-state index in [0.29, 0.717) is 18.3 Å². The Bertz CT molecular complexity index is 614. The van der Waals surface area contributed by atoms with Crippen LogP contribution >= 0.6 is 0 Å². The SMILES string of the molecule is CCOc1ccc(-c2c(N)noc2C2CC2(C)C)cc1. The highest BCUT2D eigenvalue weighted by Gasteiger charge is 2.50. The van der Waals surface area contributed by atoms with E-state index in [-0.39, 0.29) is 5.41 Å². The molecular weight excluding hydrogens is 252 g/mol. The summed E-state index contributed by atoms with van der Waals surface area (Å²) < 4.78 is 10.9. The predicted molar refractivity (Wildman–Crippen MR) is 78.7 cm³/mol. The van der Waals surface area contributed by atoms with Gasteiger partial charge >= 0.3 is 0 Å². The molecule has 1 fully saturated rings. The van der Waals surface area contributed by atoms with Crippen molar-refractivity contribution in [1.29, 1.82) is 0 Å². The average Bonchev–Trinajstić information content (AvgIpc) is 2.88. The molecule has 4 heteroatoms. The number of aromatic nitrogens is 1. The minimum absolute atomic E-state index is 0.284. The van der Waals surface area contributed by atoms with Gasteiger partial charge in [-0.05, 0) is 36.5 Å². The van der Waals surface area contributed by atoms with Crippen molar-refractivity contribution in [3.8, 4) is 16.9 Å². The summed E-state index contributed by atoms with van der Waals surface area (Å²) in [4.78, 5) is 0. The maximum absolute atomic E-state index is 5.99. The molecule has 1 aliphatic carbocycles. The lowest BCUT2D eigenvalue weighted by molar-refractivity contribution is 0.340. The van der Waals surface area contributed by atoms with Gasteiger partial charge in [0.25, 0.3) is 0 Å². The Morgan fingerprint density at radius 2 is 2.00 bits per heavy atom. The summed E-state index contributed by atoms with van der Waals surface area (Å²) in [7, 11) is 0. The van der Waals surface area contributed by atoms with E-state index in [0.717, 1.165) is 29.1 Å². The average molecular weight is 272 g/mol. The molecule has 106 valence electrons. The highest BCUT2D eigenvalue weighted by Crippen LogP contribution is 2.60. The Kier molecular flexibility index (Phi) is 2.96. The van der Waals surface area contributed by atoms with Crippen molar-refractivity contribution in [1.82, 2.24) is 5.16 Å². The van der Waals surface area contributed by atoms with Gasteiger partial charge in [0.1, 0.15) is 11.5 Å². The summed E-state index contributed by atoms with van der Waals surface area (Å²) in [6, 6.07) is 7.92. The molecule has 0 saturated heterocycles. The summed E-state index contributed by atoms with van der Waals surface area (Å²) in [5, 5.41) is 3.95. The van der Waals surface area contributed by atoms with Crippen LogP contribution in [0.5, 0.6) is 5.75 Å². The largest absolute Gasteiger partial charge is 0.494 e. The second kappa shape index (κ2) is 4.54. The molecule has 1 aliphatic rings. The Labute approximate surface area is 118 Å². The third kappa shape index (κ3) is 2.15. The van der Waals surface area contributed by atoms with Crippen LogP contribution in [-0.2, 0) is 0 Å². The van der Waals surface area contributed by atoms with Crippen molar-refractivity contribution in [3.05, 3.63) is 30.0 Å². The monoisotopic (exact) mass is 272 g/mol. The summed E-state index contributed by atoms with van der Waals surface area (Å²) in [6.07, 6.45) is 1.12. The molecule has 0 radical (unpaired) electrons. The van der Waals surface area contributed by atoms with Crippen LogP contribution in [0, 0.1) is 5.41 Å². The van der Waals surface area contributed by atoms with E-state index in [1.54, 1.807) is 0 Å². The normalized spacial score (nSPS) is 19.9. The first-order chi connectivity index (χ1) is 9.53. The van der Waals surface area contributed by atoms with E-state index in [1.807, 2.05) is 31.2 Å². The van der Waals surface area contributed by atoms with Gasteiger partial charge in [0.05, 0.1) is 12.2 Å². The van der Waals surface area contributed by atoms with Crippen LogP contribution in [-0.4, -0.2) is 11.8 Å². The fourth-order valence-electron chi connectivity index (χ4n) is 2.64. The molecule has 1 saturated carbocycles. The van der Waals surface area contributed by atoms with Gasteiger partial charge < -0.3 is 15.0 Å². The summed E-state index contributed by atoms with van der Waals surface area (Å²) in [6.45, 7) is 7.10. The zero-order valence-electron chi connectivity index (χ0n) is 12.1. The fourth-order valence-corrected chi connectivity index (χ4v) is 2.64. The molecule has 4 nitrogen and oxygen atoms in total. The molecule has 3 rings (SSSR count). The molecule has 1 unspecified atom stereocenters. The van der Waals surface area contributed by atoms with Crippen LogP contribution in [0.25, 0.3) is 11.1 Å². The topological polar surface area (TPSA) is 61.3 Å². The van der Waals surface area contributed by atoms with Crippen LogP contribution in [0.3, 0.4) is 0 Å². The van der Waals surface area contributed by atoms with E-state index < -0.39 is 0 Å². The highest BCUT2D eigenvalue weighted by molar-refractivity contribution is 5.76. The highest BCUT2D eigenvalue weighted by atomic mass is 16.5. The van der Waals surface area contributed by atoms with Gasteiger partial charge in [-0.1, -0.05) is 31.1 Å². The number of ether oxygens (including phenoxy) is 1. The number of nitrogens with zero attached hydrogens (tertiary/aromatic N) is 1. The van der Waals surface area contributed by atoms with Crippen LogP contribution in [0.2, 0.25) is 0 Å². The first-order valence-corrected chi connectivity index (χ1v) is 7.01. The molecule has 0 bridgehead atoms. The predicted octanol–water partition coefficient (Wildman–Crippen LogP) is 3.84. The van der Waals surface area contributed by atoms with E-state index in [4.69, 9.17) is 15.0 Å². The van der Waals surface area contributed by atoms with Gasteiger partial charge in [0, 0.05) is 5.92 Å². The molecule has 0 amide bonds. The number of nitrogen functional groups attached to an aromatic ring is 1. The summed E-state index contributed by atoms with van der Waals surface area (Å²) in [5.74, 6) is 2.65. The molecule has 2 aromatic rings. The maximum atomic E-state index is 5.99. The van der Waals surface area contributed by atoms with Gasteiger partial charge in [-0.15, -0.1) is 0 Å². The number of hydrogen-bond acceptors (Lipinski definition) is 4. The quantitative estimate of drug-likeness (QED) is 0.918. The van der Waals surface area contributed by atoms with Gasteiger partial charge in [-0.2, -0.15) is 0 Å². The molecule has 1 aromatic heterocycles. The third-order valence-electron chi connectivity index (χ3n) is 4.03. The van der Waals surface area contributed by atoms with Gasteiger partial charge in [0.15, 0.2) is 5.82 Å². The number of hydrogen-bond donors (Lipinski definition) is 1. The molecule has 1 heterocycles. The Balaban J connectivity index is 1.95. The number of anilines is 1. The van der Waals surface area contributed by atoms with Crippen LogP contribution in [0.1, 0.15) is 38.9 Å². The van der Waals surface area contributed by atoms with Crippen molar-refractivity contribution in [2.75, 3.05) is 12.3 Å². The van der Waals surface area contributed by atoms with Crippen molar-refractivity contribution >= 4 is 5.82 Å². The van der Waals surface area contributed by atoms with Crippen molar-refractivity contribution in [2.45, 2.75) is 33.1 Å². The minimum Gasteiger partial charge on any atom is -0.494 e. The number of benzene rings is 1. The number of rotatable bonds is 4. The fraction of sp³-hybridized carbons (Fsp3) is 0.438. The third-order valence-corrected chi connectivity index (χ3v) is 4.03. The summed E-state index contributed by atoms with van der Waals surface area (Å²) >= 11 is 0. The van der Waals surface area contributed by atoms with Crippen molar-refractivity contribution < 1.29 is 9.26 Å². The molecule has 0 spiro atoms. The standard InChI is InChI=1S/C16H20N2O2/c1-4-19-11-7-5-10(6-8-11)13-14(20-18-15(13)17)12-9-16(12,2)3/h5-8,12H,4,9H2,1-3H3,(H2,17,18). The van der Waals surface area contributed by atoms with Crippen LogP contribution in [0.15, 0.2) is 28.8 Å². The van der Waals surface area contributed by atoms with Gasteiger partial charge in [0.2, 0.25) is 0 Å². The van der Waals surface area contributed by atoms with Crippen LogP contribution < -0.4 is 10.5 Å². The van der Waals surface area contributed by atoms with E-state index in [2.05, 4.69) is 19.0 Å². The Morgan fingerprint density at radius 1 is 1.35 bits per heavy atom. The zero-order valence-corrected chi connectivity index (χ0v) is 12.1. The van der Waals surface area contributed by atoms with Crippen molar-refractivity contribution in [3.63, 3.8) is 0 Å². The maximum Gasteiger partial charge on any atom is 0.175 e. The van der Waals surface area contributed by atoms with Gasteiger partial charge in [-0.25, -0.2) is 0 Å². The lowest BCUT2D eigenvalue weighted by Crippen LogP contribution is -1.94. The summed E-state index contributed by atoms with van der Waals surface area (Å²) in [5.41, 5.74) is 8.24. The second-order valence-electron chi connectivity index (χ2n) is 6.01. The van der Waals surface area contributed by atoms with Crippen molar-refractivity contribution in [2.24, 2.45) is 5.41 Å². The Morgan fingerprint density at radius 3 is 2.55 bits per heavy atom. The lowest BCUT2D eigenvalue weighted by atomic mass is 10.0. The molecule has 2 N–H and O–H groups in total. The Hall–Kier alpha value is -1.97. The molecule has 20 heavy (non-hydrogen) atoms. The zero-order chi connectivity index (χ0) is 14.3. The molecule has 0 aliphatic heterocycles.